The molecule has 170 valence electrons. The summed E-state index contributed by atoms with van der Waals surface area (Å²) in [7, 11) is 0. The first-order valence-electron chi connectivity index (χ1n) is 11.0. The van der Waals surface area contributed by atoms with E-state index in [-0.39, 0.29) is 24.2 Å². The molecule has 2 aromatic heterocycles. The molecule has 3 fully saturated rings. The highest BCUT2D eigenvalue weighted by atomic mass is 19.1. The van der Waals surface area contributed by atoms with Gasteiger partial charge in [0.1, 0.15) is 23.5 Å². The summed E-state index contributed by atoms with van der Waals surface area (Å²) in [5.74, 6) is -0.147. The molecule has 0 unspecified atom stereocenters. The van der Waals surface area contributed by atoms with Crippen molar-refractivity contribution in [2.45, 2.75) is 25.4 Å². The van der Waals surface area contributed by atoms with E-state index in [0.29, 0.717) is 30.0 Å². The first-order valence-corrected chi connectivity index (χ1v) is 11.0. The van der Waals surface area contributed by atoms with Gasteiger partial charge >= 0.3 is 6.03 Å². The van der Waals surface area contributed by atoms with E-state index >= 15 is 0 Å². The van der Waals surface area contributed by atoms with Crippen LogP contribution < -0.4 is 10.2 Å². The number of hydrogen-bond acceptors (Lipinski definition) is 5. The smallest absolute Gasteiger partial charge is 0.322 e. The molecule has 0 atom stereocenters. The predicted octanol–water partition coefficient (Wildman–Crippen LogP) is 3.30. The molecule has 1 N–H and O–H groups in total. The number of carbonyl (C=O) groups excluding carboxylic acids is 2. The number of fused-ring (bicyclic) bond motifs is 1. The number of alkyl halides is 1. The van der Waals surface area contributed by atoms with Crippen molar-refractivity contribution < 1.29 is 18.4 Å². The summed E-state index contributed by atoms with van der Waals surface area (Å²) in [5, 5.41) is 7.82. The molecular formula is C23H22F2N6O2. The van der Waals surface area contributed by atoms with E-state index in [1.165, 1.54) is 27.8 Å². The van der Waals surface area contributed by atoms with Gasteiger partial charge in [-0.05, 0) is 30.7 Å². The largest absolute Gasteiger partial charge is 0.369 e. The van der Waals surface area contributed by atoms with E-state index < -0.39 is 18.0 Å². The Balaban J connectivity index is 1.22. The number of pyridine rings is 1. The second-order valence-corrected chi connectivity index (χ2v) is 9.35. The van der Waals surface area contributed by atoms with Gasteiger partial charge in [-0.25, -0.2) is 23.2 Å². The van der Waals surface area contributed by atoms with E-state index in [9.17, 15) is 18.4 Å². The summed E-state index contributed by atoms with van der Waals surface area (Å²) in [5.41, 5.74) is 2.11. The fraction of sp³-hybridized carbons (Fsp3) is 0.391. The normalized spacial score (nSPS) is 19.8. The molecular weight excluding hydrogens is 430 g/mol. The van der Waals surface area contributed by atoms with Gasteiger partial charge in [-0.1, -0.05) is 0 Å². The summed E-state index contributed by atoms with van der Waals surface area (Å²) >= 11 is 0. The Kier molecular flexibility index (Phi) is 4.40. The number of nitrogens with zero attached hydrogens (tertiary/aromatic N) is 5. The van der Waals surface area contributed by atoms with E-state index in [4.69, 9.17) is 0 Å². The van der Waals surface area contributed by atoms with Crippen LogP contribution in [-0.2, 0) is 4.79 Å². The molecule has 0 bridgehead atoms. The van der Waals surface area contributed by atoms with Crippen molar-refractivity contribution in [2.24, 2.45) is 5.41 Å². The molecule has 1 aromatic carbocycles. The van der Waals surface area contributed by atoms with Crippen molar-refractivity contribution >= 4 is 34.2 Å². The Labute approximate surface area is 188 Å². The summed E-state index contributed by atoms with van der Waals surface area (Å²) in [6.07, 6.45) is 4.76. The zero-order chi connectivity index (χ0) is 22.7. The molecule has 8 nitrogen and oxygen atoms in total. The van der Waals surface area contributed by atoms with Gasteiger partial charge in [0.2, 0.25) is 0 Å². The van der Waals surface area contributed by atoms with Crippen LogP contribution in [0.5, 0.6) is 0 Å². The van der Waals surface area contributed by atoms with Gasteiger partial charge < -0.3 is 15.1 Å². The Morgan fingerprint density at radius 2 is 2.03 bits per heavy atom. The highest BCUT2D eigenvalue weighted by Crippen LogP contribution is 2.45. The SMILES string of the molecule is O=C1CCC2(C1)CN(c1cnc3nn(-c4cc(NC(=O)N5CC(F)C5)ccc4F)cc3c1)C2. The summed E-state index contributed by atoms with van der Waals surface area (Å²) < 4.78 is 29.0. The van der Waals surface area contributed by atoms with Crippen molar-refractivity contribution in [1.29, 1.82) is 0 Å². The summed E-state index contributed by atoms with van der Waals surface area (Å²) in [6, 6.07) is 5.75. The van der Waals surface area contributed by atoms with Gasteiger partial charge in [-0.15, -0.1) is 5.10 Å². The maximum absolute atomic E-state index is 14.6. The zero-order valence-electron chi connectivity index (χ0n) is 17.8. The lowest BCUT2D eigenvalue weighted by atomic mass is 9.78. The number of rotatable bonds is 3. The second-order valence-electron chi connectivity index (χ2n) is 9.35. The lowest BCUT2D eigenvalue weighted by Gasteiger charge is -2.49. The van der Waals surface area contributed by atoms with Gasteiger partial charge in [0, 0.05) is 48.6 Å². The Morgan fingerprint density at radius 1 is 1.21 bits per heavy atom. The van der Waals surface area contributed by atoms with Crippen LogP contribution in [-0.4, -0.2) is 63.8 Å². The van der Waals surface area contributed by atoms with Crippen LogP contribution in [0.25, 0.3) is 16.7 Å². The average molecular weight is 452 g/mol. The van der Waals surface area contributed by atoms with Gasteiger partial charge in [0.15, 0.2) is 5.65 Å². The molecule has 1 spiro atoms. The molecule has 10 heteroatoms. The predicted molar refractivity (Wildman–Crippen MR) is 118 cm³/mol. The number of urea groups is 1. The molecule has 3 aromatic rings. The van der Waals surface area contributed by atoms with Crippen molar-refractivity contribution in [1.82, 2.24) is 19.7 Å². The molecule has 0 radical (unpaired) electrons. The van der Waals surface area contributed by atoms with E-state index in [0.717, 1.165) is 30.6 Å². The number of Topliss-reactive ketones (excluding diaryl/α,β-unsaturated/α-hetero) is 1. The molecule has 1 saturated carbocycles. The van der Waals surface area contributed by atoms with Crippen LogP contribution in [0.2, 0.25) is 0 Å². The van der Waals surface area contributed by atoms with Crippen LogP contribution >= 0.6 is 0 Å². The number of hydrogen-bond donors (Lipinski definition) is 1. The minimum absolute atomic E-state index is 0.0624. The van der Waals surface area contributed by atoms with Crippen molar-refractivity contribution in [3.63, 3.8) is 0 Å². The number of benzene rings is 1. The zero-order valence-corrected chi connectivity index (χ0v) is 17.8. The lowest BCUT2D eigenvalue weighted by molar-refractivity contribution is -0.118. The van der Waals surface area contributed by atoms with Gasteiger partial charge in [0.25, 0.3) is 0 Å². The number of anilines is 2. The maximum Gasteiger partial charge on any atom is 0.322 e. The van der Waals surface area contributed by atoms with Crippen LogP contribution in [0, 0.1) is 11.2 Å². The summed E-state index contributed by atoms with van der Waals surface area (Å²) in [4.78, 5) is 31.8. The maximum atomic E-state index is 14.6. The number of aromatic nitrogens is 3. The molecule has 1 aliphatic carbocycles. The Bertz CT molecular complexity index is 1280. The van der Waals surface area contributed by atoms with Crippen LogP contribution in [0.3, 0.4) is 0 Å². The molecule has 2 saturated heterocycles. The quantitative estimate of drug-likeness (QED) is 0.659. The first-order chi connectivity index (χ1) is 15.9. The van der Waals surface area contributed by atoms with Crippen LogP contribution in [0.15, 0.2) is 36.7 Å². The minimum atomic E-state index is -0.990. The average Bonchev–Trinajstić information content (AvgIpc) is 3.34. The van der Waals surface area contributed by atoms with E-state index in [1.807, 2.05) is 6.07 Å². The summed E-state index contributed by atoms with van der Waals surface area (Å²) in [6.45, 7) is 1.81. The first kappa shape index (κ1) is 20.1. The number of nitrogens with one attached hydrogen (secondary N) is 1. The van der Waals surface area contributed by atoms with Gasteiger partial charge in [-0.3, -0.25) is 4.79 Å². The monoisotopic (exact) mass is 452 g/mol. The van der Waals surface area contributed by atoms with Gasteiger partial charge in [0.05, 0.1) is 25.0 Å². The highest BCUT2D eigenvalue weighted by Gasteiger charge is 2.47. The fourth-order valence-corrected chi connectivity index (χ4v) is 4.98. The number of ketones is 1. The van der Waals surface area contributed by atoms with Gasteiger partial charge in [-0.2, -0.15) is 0 Å². The third-order valence-corrected chi connectivity index (χ3v) is 6.84. The molecule has 6 rings (SSSR count). The Morgan fingerprint density at radius 3 is 2.76 bits per heavy atom. The molecule has 2 aliphatic heterocycles. The van der Waals surface area contributed by atoms with Crippen LogP contribution in [0.4, 0.5) is 25.0 Å². The minimum Gasteiger partial charge on any atom is -0.369 e. The number of likely N-dealkylation sites (tertiary alicyclic amines) is 1. The number of amides is 2. The third-order valence-electron chi connectivity index (χ3n) is 6.84. The van der Waals surface area contributed by atoms with Crippen molar-refractivity contribution in [3.05, 3.63) is 42.5 Å². The number of halogens is 2. The van der Waals surface area contributed by atoms with E-state index in [1.54, 1.807) is 12.4 Å². The molecule has 4 heterocycles. The number of carbonyl (C=O) groups is 2. The lowest BCUT2D eigenvalue weighted by Crippen LogP contribution is -2.55. The topological polar surface area (TPSA) is 83.4 Å². The molecule has 3 aliphatic rings. The highest BCUT2D eigenvalue weighted by molar-refractivity contribution is 5.90. The van der Waals surface area contributed by atoms with Crippen molar-refractivity contribution in [2.75, 3.05) is 36.4 Å². The molecule has 2 amide bonds. The van der Waals surface area contributed by atoms with Crippen LogP contribution in [0.1, 0.15) is 19.3 Å². The fourth-order valence-electron chi connectivity index (χ4n) is 4.98. The van der Waals surface area contributed by atoms with Crippen molar-refractivity contribution in [3.8, 4) is 5.69 Å². The standard InChI is InChI=1S/C23H22F2N6O2/c24-15-10-29(11-15)22(33)27-16-1-2-19(25)20(6-16)31-9-14-5-17(8-26-21(14)28-31)30-12-23(13-30)4-3-18(32)7-23/h1-2,5-6,8-9,15H,3-4,7,10-13H2,(H,27,33). The van der Waals surface area contributed by atoms with E-state index in [2.05, 4.69) is 20.3 Å². The molecule has 33 heavy (non-hydrogen) atoms. The second kappa shape index (κ2) is 7.23. The third kappa shape index (κ3) is 3.49. The Hall–Kier alpha value is -3.56.